The standard InChI is InChI=1S/C29H32ClN5O4/c1-17(2)27(18-8-11-32-12-9-18)38-26-14-19(4-6-22(26)30)34-29-35-23-15-20(5-7-25(23)39-29)37-21-10-13-33-24(16-21)28(36)31-3/h4-7,10,13-18,27,32H,8-9,11-12H2,1-3H3,(H,31,36)(H,34,35). The summed E-state index contributed by atoms with van der Waals surface area (Å²) in [6, 6.07) is 14.5. The third kappa shape index (κ3) is 6.43. The van der Waals surface area contributed by atoms with Crippen molar-refractivity contribution in [1.82, 2.24) is 20.6 Å². The van der Waals surface area contributed by atoms with E-state index < -0.39 is 0 Å². The Labute approximate surface area is 232 Å². The quantitative estimate of drug-likeness (QED) is 0.227. The first-order valence-corrected chi connectivity index (χ1v) is 13.5. The van der Waals surface area contributed by atoms with Gasteiger partial charge >= 0.3 is 0 Å². The number of fused-ring (bicyclic) bond motifs is 1. The Balaban J connectivity index is 1.31. The Morgan fingerprint density at radius 1 is 1.10 bits per heavy atom. The van der Waals surface area contributed by atoms with E-state index in [1.165, 1.54) is 6.20 Å². The predicted molar refractivity (Wildman–Crippen MR) is 151 cm³/mol. The summed E-state index contributed by atoms with van der Waals surface area (Å²) >= 11 is 6.53. The Morgan fingerprint density at radius 2 is 1.90 bits per heavy atom. The summed E-state index contributed by atoms with van der Waals surface area (Å²) in [5.74, 6) is 2.23. The highest BCUT2D eigenvalue weighted by atomic mass is 35.5. The molecule has 0 saturated carbocycles. The van der Waals surface area contributed by atoms with Crippen molar-refractivity contribution in [1.29, 1.82) is 0 Å². The van der Waals surface area contributed by atoms with Crippen molar-refractivity contribution in [2.24, 2.45) is 11.8 Å². The number of benzene rings is 2. The van der Waals surface area contributed by atoms with Gasteiger partial charge in [-0.05, 0) is 68.1 Å². The zero-order valence-corrected chi connectivity index (χ0v) is 22.9. The van der Waals surface area contributed by atoms with E-state index in [2.05, 4.69) is 39.8 Å². The SMILES string of the molecule is CNC(=O)c1cc(Oc2ccc3oc(Nc4ccc(Cl)c(OC(C(C)C)C5CCNCC5)c4)nc3c2)ccn1. The molecule has 1 atom stereocenters. The van der Waals surface area contributed by atoms with Crippen LogP contribution in [0.15, 0.2) is 59.1 Å². The zero-order valence-electron chi connectivity index (χ0n) is 22.2. The summed E-state index contributed by atoms with van der Waals surface area (Å²) in [5.41, 5.74) is 2.24. The van der Waals surface area contributed by atoms with E-state index >= 15 is 0 Å². The minimum Gasteiger partial charge on any atom is -0.488 e. The van der Waals surface area contributed by atoms with Crippen LogP contribution in [0, 0.1) is 11.8 Å². The average molecular weight is 550 g/mol. The molecule has 1 saturated heterocycles. The number of rotatable bonds is 9. The number of halogens is 1. The van der Waals surface area contributed by atoms with E-state index in [-0.39, 0.29) is 17.7 Å². The van der Waals surface area contributed by atoms with E-state index in [1.807, 2.05) is 18.2 Å². The van der Waals surface area contributed by atoms with E-state index in [0.29, 0.717) is 51.2 Å². The highest BCUT2D eigenvalue weighted by Crippen LogP contribution is 2.35. The number of carbonyl (C=O) groups excluding carboxylic acids is 1. The van der Waals surface area contributed by atoms with Crippen molar-refractivity contribution in [2.45, 2.75) is 32.8 Å². The maximum absolute atomic E-state index is 11.9. The van der Waals surface area contributed by atoms with Gasteiger partial charge in [-0.3, -0.25) is 9.78 Å². The van der Waals surface area contributed by atoms with Gasteiger partial charge in [0, 0.05) is 37.1 Å². The summed E-state index contributed by atoms with van der Waals surface area (Å²) in [5, 5.41) is 9.76. The molecule has 1 fully saturated rings. The number of piperidine rings is 1. The van der Waals surface area contributed by atoms with Crippen LogP contribution in [-0.4, -0.2) is 42.1 Å². The highest BCUT2D eigenvalue weighted by molar-refractivity contribution is 6.32. The van der Waals surface area contributed by atoms with E-state index in [4.69, 9.17) is 25.5 Å². The Kier molecular flexibility index (Phi) is 8.18. The molecule has 2 aromatic heterocycles. The molecule has 1 aliphatic heterocycles. The predicted octanol–water partition coefficient (Wildman–Crippen LogP) is 6.17. The fraction of sp³-hybridized carbons (Fsp3) is 0.345. The van der Waals surface area contributed by atoms with Crippen LogP contribution in [0.5, 0.6) is 17.2 Å². The Morgan fingerprint density at radius 3 is 2.67 bits per heavy atom. The van der Waals surface area contributed by atoms with Gasteiger partial charge in [0.2, 0.25) is 0 Å². The lowest BCUT2D eigenvalue weighted by atomic mass is 9.86. The smallest absolute Gasteiger partial charge is 0.300 e. The number of ether oxygens (including phenoxy) is 2. The Hall–Kier alpha value is -3.82. The second kappa shape index (κ2) is 11.9. The third-order valence-corrected chi connectivity index (χ3v) is 7.05. The second-order valence-electron chi connectivity index (χ2n) is 9.89. The van der Waals surface area contributed by atoms with Gasteiger partial charge in [-0.1, -0.05) is 25.4 Å². The number of nitrogens with zero attached hydrogens (tertiary/aromatic N) is 2. The van der Waals surface area contributed by atoms with Gasteiger partial charge in [0.1, 0.15) is 34.6 Å². The molecule has 39 heavy (non-hydrogen) atoms. The summed E-state index contributed by atoms with van der Waals surface area (Å²) in [6.07, 6.45) is 3.78. The molecule has 0 bridgehead atoms. The van der Waals surface area contributed by atoms with Crippen molar-refractivity contribution in [3.63, 3.8) is 0 Å². The molecule has 2 aromatic carbocycles. The van der Waals surface area contributed by atoms with Crippen molar-refractivity contribution in [3.8, 4) is 17.2 Å². The van der Waals surface area contributed by atoms with Crippen LogP contribution in [0.25, 0.3) is 11.1 Å². The fourth-order valence-electron chi connectivity index (χ4n) is 4.78. The second-order valence-corrected chi connectivity index (χ2v) is 10.3. The van der Waals surface area contributed by atoms with Gasteiger partial charge in [0.15, 0.2) is 5.58 Å². The lowest BCUT2D eigenvalue weighted by Gasteiger charge is -2.34. The number of pyridine rings is 1. The maximum Gasteiger partial charge on any atom is 0.300 e. The van der Waals surface area contributed by atoms with E-state index in [0.717, 1.165) is 31.6 Å². The molecule has 1 amide bonds. The number of hydrogen-bond acceptors (Lipinski definition) is 8. The van der Waals surface area contributed by atoms with Crippen molar-refractivity contribution in [3.05, 3.63) is 65.4 Å². The molecule has 5 rings (SSSR count). The van der Waals surface area contributed by atoms with Gasteiger partial charge in [-0.2, -0.15) is 4.98 Å². The average Bonchev–Trinajstić information content (AvgIpc) is 3.34. The first-order valence-electron chi connectivity index (χ1n) is 13.1. The van der Waals surface area contributed by atoms with Crippen LogP contribution >= 0.6 is 11.6 Å². The number of anilines is 2. The topological polar surface area (TPSA) is 111 Å². The number of nitrogens with one attached hydrogen (secondary N) is 3. The number of amides is 1. The molecule has 0 spiro atoms. The number of oxazole rings is 1. The van der Waals surface area contributed by atoms with Crippen LogP contribution in [0.1, 0.15) is 37.2 Å². The fourth-order valence-corrected chi connectivity index (χ4v) is 4.94. The third-order valence-electron chi connectivity index (χ3n) is 6.74. The normalized spacial score (nSPS) is 14.8. The van der Waals surface area contributed by atoms with Crippen molar-refractivity contribution < 1.29 is 18.7 Å². The molecule has 0 aliphatic carbocycles. The lowest BCUT2D eigenvalue weighted by Crippen LogP contribution is -2.39. The lowest BCUT2D eigenvalue weighted by molar-refractivity contribution is 0.0722. The molecule has 4 aromatic rings. The maximum atomic E-state index is 11.9. The van der Waals surface area contributed by atoms with Crippen LogP contribution < -0.4 is 25.4 Å². The number of carbonyl (C=O) groups is 1. The first kappa shape index (κ1) is 26.8. The minimum atomic E-state index is -0.287. The highest BCUT2D eigenvalue weighted by Gasteiger charge is 2.28. The summed E-state index contributed by atoms with van der Waals surface area (Å²) < 4.78 is 18.3. The largest absolute Gasteiger partial charge is 0.488 e. The molecule has 3 N–H and O–H groups in total. The van der Waals surface area contributed by atoms with Crippen LogP contribution in [0.2, 0.25) is 5.02 Å². The minimum absolute atomic E-state index is 0.0791. The summed E-state index contributed by atoms with van der Waals surface area (Å²) in [7, 11) is 1.55. The van der Waals surface area contributed by atoms with E-state index in [1.54, 1.807) is 37.4 Å². The zero-order chi connectivity index (χ0) is 27.4. The Bertz CT molecular complexity index is 1450. The van der Waals surface area contributed by atoms with Crippen LogP contribution in [-0.2, 0) is 0 Å². The van der Waals surface area contributed by atoms with Gasteiger partial charge in [-0.25, -0.2) is 0 Å². The molecule has 0 radical (unpaired) electrons. The summed E-state index contributed by atoms with van der Waals surface area (Å²) in [4.78, 5) is 20.5. The summed E-state index contributed by atoms with van der Waals surface area (Å²) in [6.45, 7) is 6.40. The molecule has 1 aliphatic rings. The van der Waals surface area contributed by atoms with Gasteiger partial charge < -0.3 is 29.8 Å². The molecule has 10 heteroatoms. The number of aromatic nitrogens is 2. The molecular weight excluding hydrogens is 518 g/mol. The monoisotopic (exact) mass is 549 g/mol. The van der Waals surface area contributed by atoms with Gasteiger partial charge in [0.25, 0.3) is 11.9 Å². The number of hydrogen-bond donors (Lipinski definition) is 3. The first-order chi connectivity index (χ1) is 18.9. The van der Waals surface area contributed by atoms with Gasteiger partial charge in [0.05, 0.1) is 5.02 Å². The van der Waals surface area contributed by atoms with Crippen LogP contribution in [0.4, 0.5) is 11.7 Å². The molecule has 204 valence electrons. The van der Waals surface area contributed by atoms with Crippen molar-refractivity contribution >= 4 is 40.3 Å². The molecule has 3 heterocycles. The van der Waals surface area contributed by atoms with E-state index in [9.17, 15) is 4.79 Å². The molecule has 9 nitrogen and oxygen atoms in total. The van der Waals surface area contributed by atoms with Gasteiger partial charge in [-0.15, -0.1) is 0 Å². The molecule has 1 unspecified atom stereocenters. The molecular formula is C29H32ClN5O4. The van der Waals surface area contributed by atoms with Crippen molar-refractivity contribution in [2.75, 3.05) is 25.5 Å². The van der Waals surface area contributed by atoms with Crippen LogP contribution in [0.3, 0.4) is 0 Å².